The number of likely N-dealkylation sites (tertiary alicyclic amines) is 1. The van der Waals surface area contributed by atoms with Gasteiger partial charge in [0.1, 0.15) is 16.5 Å². The molecule has 4 nitrogen and oxygen atoms in total. The van der Waals surface area contributed by atoms with Crippen LogP contribution in [0.15, 0.2) is 29.6 Å². The maximum Gasteiger partial charge on any atom is 0.273 e. The summed E-state index contributed by atoms with van der Waals surface area (Å²) in [6.45, 7) is 0.884. The van der Waals surface area contributed by atoms with Crippen LogP contribution in [0.1, 0.15) is 49.0 Å². The van der Waals surface area contributed by atoms with E-state index in [9.17, 15) is 4.79 Å². The third-order valence-corrected chi connectivity index (χ3v) is 6.46. The van der Waals surface area contributed by atoms with Crippen LogP contribution in [-0.2, 0) is 0 Å². The van der Waals surface area contributed by atoms with Gasteiger partial charge in [-0.05, 0) is 55.9 Å². The van der Waals surface area contributed by atoms with Crippen molar-refractivity contribution in [1.29, 1.82) is 0 Å². The van der Waals surface area contributed by atoms with Gasteiger partial charge in [0.15, 0.2) is 0 Å². The van der Waals surface area contributed by atoms with Gasteiger partial charge in [-0.1, -0.05) is 12.8 Å². The molecule has 0 unspecified atom stereocenters. The molecule has 0 spiro atoms. The summed E-state index contributed by atoms with van der Waals surface area (Å²) in [6, 6.07) is 8.26. The van der Waals surface area contributed by atoms with Crippen LogP contribution in [0.3, 0.4) is 0 Å². The highest BCUT2D eigenvalue weighted by molar-refractivity contribution is 7.13. The summed E-state index contributed by atoms with van der Waals surface area (Å²) in [5, 5.41) is 2.80. The third-order valence-electron chi connectivity index (χ3n) is 5.56. The van der Waals surface area contributed by atoms with Gasteiger partial charge in [0.2, 0.25) is 0 Å². The lowest BCUT2D eigenvalue weighted by Gasteiger charge is -2.43. The molecule has 1 aliphatic heterocycles. The fraction of sp³-hybridized carbons (Fsp3) is 0.500. The van der Waals surface area contributed by atoms with Crippen LogP contribution in [0.2, 0.25) is 0 Å². The molecule has 25 heavy (non-hydrogen) atoms. The molecule has 1 aromatic carbocycles. The van der Waals surface area contributed by atoms with Crippen molar-refractivity contribution < 1.29 is 9.53 Å². The van der Waals surface area contributed by atoms with E-state index in [0.717, 1.165) is 35.7 Å². The molecule has 1 saturated carbocycles. The SMILES string of the molecule is COc1ccc(-c2nc(C(=O)N3CCC[C@@H]4CCCC[C@@H]43)cs2)cc1. The Morgan fingerprint density at radius 3 is 2.72 bits per heavy atom. The maximum absolute atomic E-state index is 13.0. The smallest absolute Gasteiger partial charge is 0.273 e. The maximum atomic E-state index is 13.0. The molecule has 0 N–H and O–H groups in total. The lowest BCUT2D eigenvalue weighted by atomic mass is 9.78. The van der Waals surface area contributed by atoms with Gasteiger partial charge in [0, 0.05) is 23.5 Å². The van der Waals surface area contributed by atoms with Gasteiger partial charge in [-0.15, -0.1) is 11.3 Å². The average molecular weight is 356 g/mol. The molecule has 5 heteroatoms. The van der Waals surface area contributed by atoms with Gasteiger partial charge in [-0.2, -0.15) is 0 Å². The Bertz CT molecular complexity index is 738. The Hall–Kier alpha value is -1.88. The number of piperidine rings is 1. The Morgan fingerprint density at radius 1 is 1.16 bits per heavy atom. The molecule has 1 saturated heterocycles. The number of methoxy groups -OCH3 is 1. The standard InChI is InChI=1S/C20H24N2O2S/c1-24-16-10-8-15(9-11-16)19-21-17(13-25-19)20(23)22-12-4-6-14-5-2-3-7-18(14)22/h8-11,13-14,18H,2-7,12H2,1H3/t14-,18-/m0/s1. The molecule has 2 heterocycles. The first-order valence-electron chi connectivity index (χ1n) is 9.17. The molecule has 1 aliphatic carbocycles. The Kier molecular flexibility index (Phi) is 4.75. The van der Waals surface area contributed by atoms with Crippen molar-refractivity contribution in [2.24, 2.45) is 5.92 Å². The van der Waals surface area contributed by atoms with E-state index in [1.807, 2.05) is 29.6 Å². The average Bonchev–Trinajstić information content (AvgIpc) is 3.17. The molecule has 1 amide bonds. The van der Waals surface area contributed by atoms with Gasteiger partial charge in [-0.25, -0.2) is 4.98 Å². The van der Waals surface area contributed by atoms with E-state index in [4.69, 9.17) is 4.74 Å². The van der Waals surface area contributed by atoms with Crippen molar-refractivity contribution in [2.75, 3.05) is 13.7 Å². The zero-order chi connectivity index (χ0) is 17.2. The first-order valence-corrected chi connectivity index (χ1v) is 10.0. The van der Waals surface area contributed by atoms with Crippen LogP contribution >= 0.6 is 11.3 Å². The number of ether oxygens (including phenoxy) is 1. The molecule has 0 radical (unpaired) electrons. The molecule has 1 aromatic heterocycles. The highest BCUT2D eigenvalue weighted by Gasteiger charge is 2.36. The number of aromatic nitrogens is 1. The van der Waals surface area contributed by atoms with Gasteiger partial charge in [0.25, 0.3) is 5.91 Å². The fourth-order valence-corrected chi connectivity index (χ4v) is 5.06. The van der Waals surface area contributed by atoms with Crippen LogP contribution in [-0.4, -0.2) is 35.5 Å². The van der Waals surface area contributed by atoms with Crippen LogP contribution in [0.4, 0.5) is 0 Å². The minimum absolute atomic E-state index is 0.118. The van der Waals surface area contributed by atoms with Gasteiger partial charge in [-0.3, -0.25) is 4.79 Å². The molecule has 2 fully saturated rings. The van der Waals surface area contributed by atoms with E-state index >= 15 is 0 Å². The highest BCUT2D eigenvalue weighted by atomic mass is 32.1. The summed E-state index contributed by atoms with van der Waals surface area (Å²) in [6.07, 6.45) is 7.42. The Balaban J connectivity index is 1.53. The second-order valence-electron chi connectivity index (χ2n) is 7.02. The monoisotopic (exact) mass is 356 g/mol. The number of fused-ring (bicyclic) bond motifs is 1. The molecular weight excluding hydrogens is 332 g/mol. The molecule has 2 aromatic rings. The lowest BCUT2D eigenvalue weighted by molar-refractivity contribution is 0.0386. The summed E-state index contributed by atoms with van der Waals surface area (Å²) >= 11 is 1.54. The Labute approximate surface area is 152 Å². The molecule has 2 aliphatic rings. The number of amides is 1. The summed E-state index contributed by atoms with van der Waals surface area (Å²) in [4.78, 5) is 19.8. The topological polar surface area (TPSA) is 42.4 Å². The predicted molar refractivity (Wildman–Crippen MR) is 100 cm³/mol. The molecule has 132 valence electrons. The minimum atomic E-state index is 0.118. The fourth-order valence-electron chi connectivity index (χ4n) is 4.26. The lowest BCUT2D eigenvalue weighted by Crippen LogP contribution is -2.49. The van der Waals surface area contributed by atoms with Crippen molar-refractivity contribution in [2.45, 2.75) is 44.6 Å². The number of nitrogens with zero attached hydrogens (tertiary/aromatic N) is 2. The first kappa shape index (κ1) is 16.6. The highest BCUT2D eigenvalue weighted by Crippen LogP contribution is 2.36. The molecular formula is C20H24N2O2S. The third kappa shape index (κ3) is 3.30. The van der Waals surface area contributed by atoms with E-state index in [0.29, 0.717) is 17.7 Å². The van der Waals surface area contributed by atoms with E-state index in [-0.39, 0.29) is 5.91 Å². The second-order valence-corrected chi connectivity index (χ2v) is 7.88. The van der Waals surface area contributed by atoms with E-state index in [2.05, 4.69) is 9.88 Å². The first-order chi connectivity index (χ1) is 12.3. The summed E-state index contributed by atoms with van der Waals surface area (Å²) < 4.78 is 5.20. The summed E-state index contributed by atoms with van der Waals surface area (Å²) in [7, 11) is 1.66. The van der Waals surface area contributed by atoms with Crippen LogP contribution in [0, 0.1) is 5.92 Å². The zero-order valence-electron chi connectivity index (χ0n) is 14.6. The van der Waals surface area contributed by atoms with Crippen LogP contribution in [0.5, 0.6) is 5.75 Å². The normalized spacial score (nSPS) is 23.2. The number of hydrogen-bond donors (Lipinski definition) is 0. The largest absolute Gasteiger partial charge is 0.497 e. The van der Waals surface area contributed by atoms with E-state index in [1.54, 1.807) is 7.11 Å². The van der Waals surface area contributed by atoms with Crippen molar-refractivity contribution in [1.82, 2.24) is 9.88 Å². The van der Waals surface area contributed by atoms with E-state index < -0.39 is 0 Å². The zero-order valence-corrected chi connectivity index (χ0v) is 15.4. The van der Waals surface area contributed by atoms with Crippen molar-refractivity contribution in [3.05, 3.63) is 35.3 Å². The van der Waals surface area contributed by atoms with Crippen molar-refractivity contribution in [3.63, 3.8) is 0 Å². The number of hydrogen-bond acceptors (Lipinski definition) is 4. The van der Waals surface area contributed by atoms with Crippen LogP contribution < -0.4 is 4.74 Å². The summed E-state index contributed by atoms with van der Waals surface area (Å²) in [5.74, 6) is 1.65. The molecule has 0 bridgehead atoms. The summed E-state index contributed by atoms with van der Waals surface area (Å²) in [5.41, 5.74) is 1.63. The van der Waals surface area contributed by atoms with Crippen LogP contribution in [0.25, 0.3) is 10.6 Å². The van der Waals surface area contributed by atoms with E-state index in [1.165, 1.54) is 37.0 Å². The second kappa shape index (κ2) is 7.16. The van der Waals surface area contributed by atoms with Crippen molar-refractivity contribution in [3.8, 4) is 16.3 Å². The minimum Gasteiger partial charge on any atom is -0.497 e. The van der Waals surface area contributed by atoms with Gasteiger partial charge >= 0.3 is 0 Å². The number of carbonyl (C=O) groups excluding carboxylic acids is 1. The number of thiazole rings is 1. The van der Waals surface area contributed by atoms with Gasteiger partial charge in [0.05, 0.1) is 7.11 Å². The van der Waals surface area contributed by atoms with Crippen molar-refractivity contribution >= 4 is 17.2 Å². The quantitative estimate of drug-likeness (QED) is 0.806. The number of carbonyl (C=O) groups is 1. The Morgan fingerprint density at radius 2 is 1.92 bits per heavy atom. The number of benzene rings is 1. The molecule has 2 atom stereocenters. The van der Waals surface area contributed by atoms with Gasteiger partial charge < -0.3 is 9.64 Å². The number of rotatable bonds is 3. The predicted octanol–water partition coefficient (Wildman–Crippen LogP) is 4.61. The molecule has 4 rings (SSSR count).